The average Bonchev–Trinajstić information content (AvgIpc) is 3.22. The molecule has 5 nitrogen and oxygen atoms in total. The Hall–Kier alpha value is -2.86. The first-order valence-electron chi connectivity index (χ1n) is 9.91. The standard InChI is InChI=1S/C23H22N2O3S/c1-2-15-5-3-4-6-16(15)11-18-13-24-22(29-18)25-21(26)23(9-10-23)17-7-8-19-20(12-17)28-14-27-19/h3-8,12-13H,2,9-11,14H2,1H3,(H,24,25,26). The van der Waals surface area contributed by atoms with Crippen LogP contribution >= 0.6 is 11.3 Å². The minimum Gasteiger partial charge on any atom is -0.454 e. The van der Waals surface area contributed by atoms with Crippen LogP contribution in [0.25, 0.3) is 0 Å². The van der Waals surface area contributed by atoms with E-state index in [1.165, 1.54) is 11.1 Å². The smallest absolute Gasteiger partial charge is 0.236 e. The number of rotatable bonds is 6. The molecule has 5 rings (SSSR count). The van der Waals surface area contributed by atoms with Crippen LogP contribution in [-0.2, 0) is 23.1 Å². The lowest BCUT2D eigenvalue weighted by molar-refractivity contribution is -0.118. The lowest BCUT2D eigenvalue weighted by Gasteiger charge is -2.15. The molecule has 29 heavy (non-hydrogen) atoms. The Morgan fingerprint density at radius 1 is 1.14 bits per heavy atom. The number of fused-ring (bicyclic) bond motifs is 1. The summed E-state index contributed by atoms with van der Waals surface area (Å²) in [7, 11) is 0. The van der Waals surface area contributed by atoms with Gasteiger partial charge in [0.25, 0.3) is 0 Å². The summed E-state index contributed by atoms with van der Waals surface area (Å²) < 4.78 is 10.9. The highest BCUT2D eigenvalue weighted by molar-refractivity contribution is 7.15. The fraction of sp³-hybridized carbons (Fsp3) is 0.304. The number of hydrogen-bond donors (Lipinski definition) is 1. The SMILES string of the molecule is CCc1ccccc1Cc1cnc(NC(=O)C2(c3ccc4c(c3)OCO4)CC2)s1. The molecule has 6 heteroatoms. The van der Waals surface area contributed by atoms with Crippen LogP contribution < -0.4 is 14.8 Å². The molecule has 1 saturated carbocycles. The van der Waals surface area contributed by atoms with Crippen molar-refractivity contribution in [3.05, 3.63) is 70.2 Å². The zero-order valence-electron chi connectivity index (χ0n) is 16.2. The van der Waals surface area contributed by atoms with Gasteiger partial charge in [0, 0.05) is 17.5 Å². The van der Waals surface area contributed by atoms with E-state index in [0.717, 1.165) is 41.9 Å². The third-order valence-electron chi connectivity index (χ3n) is 5.75. The van der Waals surface area contributed by atoms with Gasteiger partial charge in [0.2, 0.25) is 12.7 Å². The molecule has 1 aliphatic heterocycles. The molecule has 0 radical (unpaired) electrons. The Labute approximate surface area is 173 Å². The Morgan fingerprint density at radius 2 is 1.93 bits per heavy atom. The normalized spacial score (nSPS) is 15.9. The topological polar surface area (TPSA) is 60.5 Å². The van der Waals surface area contributed by atoms with Gasteiger partial charge in [-0.2, -0.15) is 0 Å². The van der Waals surface area contributed by atoms with Crippen molar-refractivity contribution >= 4 is 22.4 Å². The van der Waals surface area contributed by atoms with Crippen molar-refractivity contribution in [2.24, 2.45) is 0 Å². The van der Waals surface area contributed by atoms with Crippen LogP contribution in [0.5, 0.6) is 11.5 Å². The molecule has 1 fully saturated rings. The van der Waals surface area contributed by atoms with E-state index < -0.39 is 5.41 Å². The number of carbonyl (C=O) groups excluding carboxylic acids is 1. The van der Waals surface area contributed by atoms with Crippen molar-refractivity contribution in [3.8, 4) is 11.5 Å². The number of thiazole rings is 1. The van der Waals surface area contributed by atoms with Crippen LogP contribution in [0.1, 0.15) is 41.3 Å². The number of nitrogens with zero attached hydrogens (tertiary/aromatic N) is 1. The van der Waals surface area contributed by atoms with Crippen molar-refractivity contribution in [2.45, 2.75) is 38.0 Å². The van der Waals surface area contributed by atoms with E-state index in [4.69, 9.17) is 9.47 Å². The molecule has 1 N–H and O–H groups in total. The number of amides is 1. The Bertz CT molecular complexity index is 1070. The lowest BCUT2D eigenvalue weighted by Crippen LogP contribution is -2.27. The molecule has 3 aromatic rings. The van der Waals surface area contributed by atoms with Gasteiger partial charge >= 0.3 is 0 Å². The molecule has 1 amide bonds. The molecule has 1 aliphatic carbocycles. The summed E-state index contributed by atoms with van der Waals surface area (Å²) >= 11 is 1.55. The molecule has 0 spiro atoms. The monoisotopic (exact) mass is 406 g/mol. The largest absolute Gasteiger partial charge is 0.454 e. The Balaban J connectivity index is 1.30. The molecule has 0 saturated heterocycles. The van der Waals surface area contributed by atoms with Crippen molar-refractivity contribution in [1.29, 1.82) is 0 Å². The zero-order valence-corrected chi connectivity index (χ0v) is 17.1. The van der Waals surface area contributed by atoms with Gasteiger partial charge in [-0.1, -0.05) is 37.3 Å². The molecule has 148 valence electrons. The lowest BCUT2D eigenvalue weighted by atomic mass is 9.94. The molecular weight excluding hydrogens is 384 g/mol. The summed E-state index contributed by atoms with van der Waals surface area (Å²) in [6.07, 6.45) is 5.38. The molecule has 2 heterocycles. The summed E-state index contributed by atoms with van der Waals surface area (Å²) in [4.78, 5) is 18.6. The average molecular weight is 407 g/mol. The second kappa shape index (κ2) is 7.19. The third-order valence-corrected chi connectivity index (χ3v) is 6.66. The van der Waals surface area contributed by atoms with E-state index in [1.807, 2.05) is 24.4 Å². The number of benzene rings is 2. The van der Waals surface area contributed by atoms with Gasteiger partial charge in [-0.3, -0.25) is 4.79 Å². The first kappa shape index (κ1) is 18.2. The quantitative estimate of drug-likeness (QED) is 0.645. The number of nitrogens with one attached hydrogen (secondary N) is 1. The second-order valence-electron chi connectivity index (χ2n) is 7.54. The maximum atomic E-state index is 13.0. The molecule has 0 unspecified atom stereocenters. The molecule has 0 bridgehead atoms. The Morgan fingerprint density at radius 3 is 2.72 bits per heavy atom. The van der Waals surface area contributed by atoms with Crippen molar-refractivity contribution in [2.75, 3.05) is 12.1 Å². The number of aryl methyl sites for hydroxylation is 1. The fourth-order valence-electron chi connectivity index (χ4n) is 3.89. The van der Waals surface area contributed by atoms with Crippen LogP contribution in [0.3, 0.4) is 0 Å². The second-order valence-corrected chi connectivity index (χ2v) is 8.65. The highest BCUT2D eigenvalue weighted by Crippen LogP contribution is 2.51. The predicted octanol–water partition coefficient (Wildman–Crippen LogP) is 4.70. The fourth-order valence-corrected chi connectivity index (χ4v) is 4.72. The molecule has 2 aromatic carbocycles. The summed E-state index contributed by atoms with van der Waals surface area (Å²) in [5.74, 6) is 1.46. The molecule has 2 aliphatic rings. The highest BCUT2D eigenvalue weighted by atomic mass is 32.1. The van der Waals surface area contributed by atoms with Gasteiger partial charge in [0.1, 0.15) is 0 Å². The van der Waals surface area contributed by atoms with Crippen molar-refractivity contribution in [1.82, 2.24) is 4.98 Å². The maximum Gasteiger partial charge on any atom is 0.236 e. The maximum absolute atomic E-state index is 13.0. The van der Waals surface area contributed by atoms with Gasteiger partial charge in [-0.25, -0.2) is 4.98 Å². The van der Waals surface area contributed by atoms with Gasteiger partial charge in [0.05, 0.1) is 5.41 Å². The zero-order chi connectivity index (χ0) is 19.8. The van der Waals surface area contributed by atoms with Crippen LogP contribution in [0, 0.1) is 0 Å². The number of ether oxygens (including phenoxy) is 2. The first-order valence-corrected chi connectivity index (χ1v) is 10.7. The number of hydrogen-bond acceptors (Lipinski definition) is 5. The first-order chi connectivity index (χ1) is 14.2. The summed E-state index contributed by atoms with van der Waals surface area (Å²) in [5.41, 5.74) is 3.16. The van der Waals surface area contributed by atoms with Crippen LogP contribution in [0.2, 0.25) is 0 Å². The van der Waals surface area contributed by atoms with Crippen LogP contribution in [0.4, 0.5) is 5.13 Å². The van der Waals surface area contributed by atoms with Crippen LogP contribution in [0.15, 0.2) is 48.7 Å². The highest BCUT2D eigenvalue weighted by Gasteiger charge is 2.52. The third kappa shape index (κ3) is 3.38. The van der Waals surface area contributed by atoms with Gasteiger partial charge in [-0.05, 0) is 48.1 Å². The van der Waals surface area contributed by atoms with E-state index >= 15 is 0 Å². The Kier molecular flexibility index (Phi) is 4.51. The number of aromatic nitrogens is 1. The van der Waals surface area contributed by atoms with E-state index in [-0.39, 0.29) is 12.7 Å². The van der Waals surface area contributed by atoms with E-state index in [0.29, 0.717) is 10.9 Å². The molecule has 1 aromatic heterocycles. The van der Waals surface area contributed by atoms with Crippen LogP contribution in [-0.4, -0.2) is 17.7 Å². The summed E-state index contributed by atoms with van der Waals surface area (Å²) in [6, 6.07) is 14.3. The number of anilines is 1. The number of carbonyl (C=O) groups is 1. The van der Waals surface area contributed by atoms with E-state index in [9.17, 15) is 4.79 Å². The molecular formula is C23H22N2O3S. The summed E-state index contributed by atoms with van der Waals surface area (Å²) in [6.45, 7) is 2.41. The minimum atomic E-state index is -0.485. The van der Waals surface area contributed by atoms with E-state index in [2.05, 4.69) is 41.5 Å². The van der Waals surface area contributed by atoms with Gasteiger partial charge in [-0.15, -0.1) is 11.3 Å². The van der Waals surface area contributed by atoms with Crippen molar-refractivity contribution < 1.29 is 14.3 Å². The minimum absolute atomic E-state index is 0.00576. The van der Waals surface area contributed by atoms with Gasteiger partial charge in [0.15, 0.2) is 16.6 Å². The predicted molar refractivity (Wildman–Crippen MR) is 113 cm³/mol. The van der Waals surface area contributed by atoms with Gasteiger partial charge < -0.3 is 14.8 Å². The van der Waals surface area contributed by atoms with E-state index in [1.54, 1.807) is 11.3 Å². The van der Waals surface area contributed by atoms with Crippen molar-refractivity contribution in [3.63, 3.8) is 0 Å². The summed E-state index contributed by atoms with van der Waals surface area (Å²) in [5, 5.41) is 3.70. The molecule has 0 atom stereocenters.